The van der Waals surface area contributed by atoms with Gasteiger partial charge >= 0.3 is 5.97 Å². The number of aliphatic hydroxyl groups is 1. The minimum Gasteiger partial charge on any atom is -0.506 e. The first kappa shape index (κ1) is 45.2. The largest absolute Gasteiger partial charge is 0.506 e. The summed E-state index contributed by atoms with van der Waals surface area (Å²) in [5.41, 5.74) is 0.239. The van der Waals surface area contributed by atoms with E-state index in [2.05, 4.69) is 54.4 Å². The van der Waals surface area contributed by atoms with Crippen molar-refractivity contribution in [2.24, 2.45) is 0 Å². The van der Waals surface area contributed by atoms with Gasteiger partial charge in [-0.1, -0.05) is 51.1 Å². The minimum absolute atomic E-state index is 0.0158. The first-order valence-electron chi connectivity index (χ1n) is 20.5. The van der Waals surface area contributed by atoms with Crippen LogP contribution >= 0.6 is 22.7 Å². The smallest absolute Gasteiger partial charge is 0.349 e. The molecule has 15 heteroatoms. The summed E-state index contributed by atoms with van der Waals surface area (Å²) in [7, 11) is -0.168. The van der Waals surface area contributed by atoms with Crippen LogP contribution in [0.1, 0.15) is 73.4 Å². The second kappa shape index (κ2) is 19.6. The predicted molar refractivity (Wildman–Crippen MR) is 240 cm³/mol. The highest BCUT2D eigenvalue weighted by Crippen LogP contribution is 2.41. The molecule has 322 valence electrons. The highest BCUT2D eigenvalue weighted by Gasteiger charge is 2.45. The highest BCUT2D eigenvalue weighted by molar-refractivity contribution is 7.12. The summed E-state index contributed by atoms with van der Waals surface area (Å²) in [5, 5.41) is 33.0. The van der Waals surface area contributed by atoms with E-state index in [-0.39, 0.29) is 41.1 Å². The van der Waals surface area contributed by atoms with Crippen molar-refractivity contribution in [3.05, 3.63) is 115 Å². The molecule has 0 aliphatic heterocycles. The summed E-state index contributed by atoms with van der Waals surface area (Å²) in [6, 6.07) is 21.8. The summed E-state index contributed by atoms with van der Waals surface area (Å²) in [6.07, 6.45) is 2.51. The summed E-state index contributed by atoms with van der Waals surface area (Å²) in [4.78, 5) is 44.2. The number of aromatic nitrogens is 1. The molecule has 12 nitrogen and oxygen atoms in total. The summed E-state index contributed by atoms with van der Waals surface area (Å²) >= 11 is 2.67. The first-order valence-corrected chi connectivity index (χ1v) is 25.2. The lowest BCUT2D eigenvalue weighted by Gasteiger charge is -2.39. The Bertz CT molecular complexity index is 2200. The normalized spacial score (nSPS) is 16.8. The third kappa shape index (κ3) is 10.9. The number of phenolic OH excluding ortho intramolecular Hbond substituents is 1. The van der Waals surface area contributed by atoms with Crippen LogP contribution in [0.2, 0.25) is 18.1 Å². The maximum Gasteiger partial charge on any atom is 0.349 e. The number of nitrogens with one attached hydrogen (secondary N) is 3. The van der Waals surface area contributed by atoms with Crippen molar-refractivity contribution < 1.29 is 33.7 Å². The molecule has 1 fully saturated rings. The van der Waals surface area contributed by atoms with E-state index in [1.165, 1.54) is 28.7 Å². The predicted octanol–water partition coefficient (Wildman–Crippen LogP) is 7.43. The van der Waals surface area contributed by atoms with Crippen molar-refractivity contribution in [2.75, 3.05) is 33.3 Å². The Balaban J connectivity index is 0.918. The van der Waals surface area contributed by atoms with Crippen LogP contribution in [0.4, 0.5) is 0 Å². The van der Waals surface area contributed by atoms with Crippen molar-refractivity contribution in [2.45, 2.75) is 95.0 Å². The van der Waals surface area contributed by atoms with Crippen LogP contribution in [0, 0.1) is 0 Å². The maximum atomic E-state index is 13.4. The molecular weight excluding hydrogens is 817 g/mol. The number of thiophene rings is 2. The molecule has 0 bridgehead atoms. The maximum absolute atomic E-state index is 13.4. The highest BCUT2D eigenvalue weighted by atomic mass is 32.1. The Kier molecular flexibility index (Phi) is 14.7. The molecule has 2 aromatic carbocycles. The van der Waals surface area contributed by atoms with E-state index in [4.69, 9.17) is 13.9 Å². The van der Waals surface area contributed by atoms with Gasteiger partial charge in [0.1, 0.15) is 17.6 Å². The van der Waals surface area contributed by atoms with Crippen molar-refractivity contribution >= 4 is 53.8 Å². The average Bonchev–Trinajstić information content (AvgIpc) is 3.97. The standard InChI is InChI=1S/C45H58N4O8S2Si/c1-44(2,3)60(5,6)57-37(34-19-21-36(50)42-35(34)20-22-40(51)48-42)28-46-27-30-11-15-32(16-12-30)55-29-41(52)47-23-24-49(4)31-13-17-33(18-14-31)56-43(53)45(54,38-9-7-25-58-38)39-10-8-26-59-39/h7-12,15-16,19-22,25-26,31,33,37,46,50,54H,13-14,17-18,23-24,27-29H2,1-6H3,(H,47,52)(H,48,51)/t31?,33?,37-/m0/s1. The second-order valence-corrected chi connectivity index (χ2v) is 23.7. The number of fused-ring (bicyclic) bond motifs is 1. The van der Waals surface area contributed by atoms with Crippen molar-refractivity contribution in [1.82, 2.24) is 20.5 Å². The fraction of sp³-hybridized carbons (Fsp3) is 0.444. The van der Waals surface area contributed by atoms with Gasteiger partial charge in [-0.3, -0.25) is 9.59 Å². The summed E-state index contributed by atoms with van der Waals surface area (Å²) in [6.45, 7) is 13.1. The zero-order valence-electron chi connectivity index (χ0n) is 35.3. The van der Waals surface area contributed by atoms with Gasteiger partial charge in [0.2, 0.25) is 11.2 Å². The molecule has 0 spiro atoms. The van der Waals surface area contributed by atoms with E-state index < -0.39 is 19.9 Å². The lowest BCUT2D eigenvalue weighted by Crippen LogP contribution is -2.43. The molecule has 3 heterocycles. The molecule has 5 aromatic rings. The molecule has 1 aliphatic rings. The number of nitrogens with zero attached hydrogens (tertiary/aromatic N) is 1. The molecule has 3 aromatic heterocycles. The lowest BCUT2D eigenvalue weighted by molar-refractivity contribution is -0.169. The minimum atomic E-state index is -2.21. The van der Waals surface area contributed by atoms with Gasteiger partial charge in [0.15, 0.2) is 14.9 Å². The number of esters is 1. The molecular formula is C45H58N4O8S2Si. The Morgan fingerprint density at radius 3 is 2.23 bits per heavy atom. The number of phenols is 1. The number of H-pyrrole nitrogens is 1. The summed E-state index contributed by atoms with van der Waals surface area (Å²) < 4.78 is 18.6. The van der Waals surface area contributed by atoms with Gasteiger partial charge < -0.3 is 44.6 Å². The van der Waals surface area contributed by atoms with Crippen LogP contribution in [-0.4, -0.2) is 85.7 Å². The van der Waals surface area contributed by atoms with Gasteiger partial charge in [-0.2, -0.15) is 0 Å². The van der Waals surface area contributed by atoms with Crippen LogP contribution in [0.3, 0.4) is 0 Å². The van der Waals surface area contributed by atoms with Crippen LogP contribution in [0.15, 0.2) is 88.4 Å². The van der Waals surface area contributed by atoms with E-state index in [0.29, 0.717) is 66.1 Å². The van der Waals surface area contributed by atoms with Gasteiger partial charge in [0.05, 0.1) is 21.4 Å². The number of amides is 1. The van der Waals surface area contributed by atoms with Crippen LogP contribution < -0.4 is 20.9 Å². The topological polar surface area (TPSA) is 162 Å². The van der Waals surface area contributed by atoms with E-state index in [9.17, 15) is 24.6 Å². The fourth-order valence-corrected chi connectivity index (χ4v) is 10.2. The van der Waals surface area contributed by atoms with Crippen molar-refractivity contribution in [1.29, 1.82) is 0 Å². The Morgan fingerprint density at radius 2 is 1.62 bits per heavy atom. The van der Waals surface area contributed by atoms with Gasteiger partial charge in [-0.15, -0.1) is 22.7 Å². The number of rotatable bonds is 18. The number of hydrogen-bond acceptors (Lipinski definition) is 12. The lowest BCUT2D eigenvalue weighted by atomic mass is 9.91. The number of likely N-dealkylation sites (N-methyl/N-ethyl adjacent to an activating group) is 1. The molecule has 0 saturated heterocycles. The number of aromatic amines is 1. The number of benzene rings is 2. The zero-order valence-corrected chi connectivity index (χ0v) is 37.9. The molecule has 60 heavy (non-hydrogen) atoms. The van der Waals surface area contributed by atoms with Crippen molar-refractivity contribution in [3.63, 3.8) is 0 Å². The molecule has 1 atom stereocenters. The molecule has 1 aliphatic carbocycles. The third-order valence-electron chi connectivity index (χ3n) is 11.8. The van der Waals surface area contributed by atoms with Gasteiger partial charge in [0.25, 0.3) is 5.91 Å². The van der Waals surface area contributed by atoms with Gasteiger partial charge in [-0.05, 0) is 109 Å². The SMILES string of the molecule is CN(CCNC(=O)COc1ccc(CNC[C@H](O[Si](C)(C)C(C)(C)C)c2ccc(O)c3[nH]c(=O)ccc23)cc1)C1CCC(OC(=O)C(O)(c2cccs2)c2cccs2)CC1. The van der Waals surface area contributed by atoms with Gasteiger partial charge in [-0.25, -0.2) is 4.79 Å². The fourth-order valence-electron chi connectivity index (χ4n) is 7.22. The number of pyridine rings is 1. The molecule has 0 unspecified atom stereocenters. The Hall–Kier alpha value is -4.35. The van der Waals surface area contributed by atoms with Crippen LogP contribution in [0.25, 0.3) is 10.9 Å². The number of hydrogen-bond donors (Lipinski definition) is 5. The van der Waals surface area contributed by atoms with Crippen LogP contribution in [-0.2, 0) is 30.9 Å². The third-order valence-corrected chi connectivity index (χ3v) is 18.3. The van der Waals surface area contributed by atoms with Gasteiger partial charge in [0, 0.05) is 43.7 Å². The molecule has 1 saturated carbocycles. The Labute approximate surface area is 361 Å². The van der Waals surface area contributed by atoms with E-state index >= 15 is 0 Å². The average molecular weight is 875 g/mol. The second-order valence-electron chi connectivity index (χ2n) is 17.0. The zero-order chi connectivity index (χ0) is 43.1. The van der Waals surface area contributed by atoms with Crippen LogP contribution in [0.5, 0.6) is 11.5 Å². The van der Waals surface area contributed by atoms with E-state index in [0.717, 1.165) is 29.4 Å². The number of carbonyl (C=O) groups is 2. The number of ether oxygens (including phenoxy) is 2. The van der Waals surface area contributed by atoms with Crippen molar-refractivity contribution in [3.8, 4) is 11.5 Å². The quantitative estimate of drug-likeness (QED) is 0.0443. The molecule has 5 N–H and O–H groups in total. The van der Waals surface area contributed by atoms with E-state index in [1.807, 2.05) is 60.3 Å². The Morgan fingerprint density at radius 1 is 0.950 bits per heavy atom. The van der Waals surface area contributed by atoms with E-state index in [1.54, 1.807) is 24.3 Å². The summed E-state index contributed by atoms with van der Waals surface area (Å²) in [5.74, 6) is -0.220. The monoisotopic (exact) mass is 874 g/mol. The number of carbonyl (C=O) groups excluding carboxylic acids is 2. The first-order chi connectivity index (χ1) is 28.5. The molecule has 6 rings (SSSR count). The number of aromatic hydroxyl groups is 1. The molecule has 1 amide bonds. The molecule has 0 radical (unpaired) electrons.